The lowest BCUT2D eigenvalue weighted by molar-refractivity contribution is -0.134. The van der Waals surface area contributed by atoms with Crippen molar-refractivity contribution >= 4 is 28.3 Å². The summed E-state index contributed by atoms with van der Waals surface area (Å²) in [5.74, 6) is 0.686. The minimum absolute atomic E-state index is 0. The van der Waals surface area contributed by atoms with E-state index in [2.05, 4.69) is 4.72 Å². The highest BCUT2D eigenvalue weighted by Gasteiger charge is 2.35. The van der Waals surface area contributed by atoms with Crippen LogP contribution in [0.15, 0.2) is 23.1 Å². The SMILES string of the molecule is COc1ccc(S(=O)(=O)NCCC(=O)N2CCC(N)C(C)(C)C2)cc1OC.Cl. The van der Waals surface area contributed by atoms with Gasteiger partial charge in [-0.25, -0.2) is 13.1 Å². The number of nitrogens with zero attached hydrogens (tertiary/aromatic N) is 1. The second-order valence-corrected chi connectivity index (χ2v) is 9.13. The Balaban J connectivity index is 0.00000392. The Bertz CT molecular complexity index is 785. The summed E-state index contributed by atoms with van der Waals surface area (Å²) in [4.78, 5) is 14.2. The summed E-state index contributed by atoms with van der Waals surface area (Å²) in [5.41, 5.74) is 5.95. The van der Waals surface area contributed by atoms with E-state index in [0.29, 0.717) is 24.6 Å². The number of amides is 1. The maximum absolute atomic E-state index is 12.5. The number of sulfonamides is 1. The van der Waals surface area contributed by atoms with Crippen LogP contribution in [0.25, 0.3) is 0 Å². The first kappa shape index (κ1) is 24.5. The Labute approximate surface area is 173 Å². The number of halogens is 1. The number of hydrogen-bond donors (Lipinski definition) is 2. The predicted molar refractivity (Wildman–Crippen MR) is 110 cm³/mol. The fraction of sp³-hybridized carbons (Fsp3) is 0.611. The number of benzene rings is 1. The van der Waals surface area contributed by atoms with Crippen molar-refractivity contribution in [1.82, 2.24) is 9.62 Å². The molecule has 1 aromatic rings. The number of ether oxygens (including phenoxy) is 2. The smallest absolute Gasteiger partial charge is 0.240 e. The van der Waals surface area contributed by atoms with E-state index in [-0.39, 0.29) is 47.6 Å². The van der Waals surface area contributed by atoms with E-state index in [1.165, 1.54) is 32.4 Å². The van der Waals surface area contributed by atoms with Gasteiger partial charge in [-0.15, -0.1) is 12.4 Å². The molecule has 0 spiro atoms. The first-order valence-electron chi connectivity index (χ1n) is 8.86. The lowest BCUT2D eigenvalue weighted by atomic mass is 9.79. The third-order valence-electron chi connectivity index (χ3n) is 4.96. The van der Waals surface area contributed by atoms with Crippen molar-refractivity contribution in [2.45, 2.75) is 37.6 Å². The van der Waals surface area contributed by atoms with Gasteiger partial charge in [0.1, 0.15) is 0 Å². The van der Waals surface area contributed by atoms with Crippen molar-refractivity contribution in [3.63, 3.8) is 0 Å². The number of carbonyl (C=O) groups excluding carboxylic acids is 1. The summed E-state index contributed by atoms with van der Waals surface area (Å²) in [6.45, 7) is 5.29. The number of nitrogens with two attached hydrogens (primary N) is 1. The van der Waals surface area contributed by atoms with Gasteiger partial charge >= 0.3 is 0 Å². The molecule has 3 N–H and O–H groups in total. The monoisotopic (exact) mass is 435 g/mol. The molecule has 1 aliphatic heterocycles. The number of nitrogens with one attached hydrogen (secondary N) is 1. The van der Waals surface area contributed by atoms with Crippen molar-refractivity contribution in [2.75, 3.05) is 33.9 Å². The minimum atomic E-state index is -3.75. The van der Waals surface area contributed by atoms with Crippen LogP contribution in [0.4, 0.5) is 0 Å². The second-order valence-electron chi connectivity index (χ2n) is 7.36. The standard InChI is InChI=1S/C18H29N3O5S.ClH/c1-18(2)12-21(10-8-16(18)19)17(22)7-9-20-27(23,24)13-5-6-14(25-3)15(11-13)26-4;/h5-6,11,16,20H,7-10,12,19H2,1-4H3;1H. The molecule has 8 nitrogen and oxygen atoms in total. The Morgan fingerprint density at radius 1 is 1.29 bits per heavy atom. The summed E-state index contributed by atoms with van der Waals surface area (Å²) in [6, 6.07) is 4.40. The summed E-state index contributed by atoms with van der Waals surface area (Å²) in [6.07, 6.45) is 0.841. The van der Waals surface area contributed by atoms with E-state index in [9.17, 15) is 13.2 Å². The molecule has 0 radical (unpaired) electrons. The number of rotatable bonds is 7. The zero-order valence-electron chi connectivity index (χ0n) is 16.7. The fourth-order valence-electron chi connectivity index (χ4n) is 3.10. The molecular weight excluding hydrogens is 406 g/mol. The van der Waals surface area contributed by atoms with E-state index >= 15 is 0 Å². The summed E-state index contributed by atoms with van der Waals surface area (Å²) >= 11 is 0. The molecule has 1 aromatic carbocycles. The van der Waals surface area contributed by atoms with Crippen LogP contribution in [-0.4, -0.2) is 59.1 Å². The van der Waals surface area contributed by atoms with Crippen LogP contribution in [0.2, 0.25) is 0 Å². The summed E-state index contributed by atoms with van der Waals surface area (Å²) in [7, 11) is -0.838. The molecule has 1 amide bonds. The highest BCUT2D eigenvalue weighted by Crippen LogP contribution is 2.29. The van der Waals surface area contributed by atoms with Crippen LogP contribution in [0, 0.1) is 5.41 Å². The van der Waals surface area contributed by atoms with Gasteiger partial charge in [0, 0.05) is 38.2 Å². The molecule has 1 unspecified atom stereocenters. The van der Waals surface area contributed by atoms with Crippen LogP contribution in [-0.2, 0) is 14.8 Å². The normalized spacial score (nSPS) is 18.9. The van der Waals surface area contributed by atoms with E-state index in [1.807, 2.05) is 13.8 Å². The highest BCUT2D eigenvalue weighted by atomic mass is 35.5. The second kappa shape index (κ2) is 9.78. The van der Waals surface area contributed by atoms with E-state index in [1.54, 1.807) is 4.90 Å². The molecule has 1 aliphatic rings. The number of carbonyl (C=O) groups is 1. The van der Waals surface area contributed by atoms with Crippen molar-refractivity contribution in [3.8, 4) is 11.5 Å². The molecule has 10 heteroatoms. The van der Waals surface area contributed by atoms with Gasteiger partial charge in [0.15, 0.2) is 11.5 Å². The maximum Gasteiger partial charge on any atom is 0.240 e. The number of piperidine rings is 1. The zero-order chi connectivity index (χ0) is 20.2. The molecule has 1 heterocycles. The van der Waals surface area contributed by atoms with Gasteiger partial charge in [0.05, 0.1) is 19.1 Å². The molecule has 0 aromatic heterocycles. The third kappa shape index (κ3) is 5.73. The first-order chi connectivity index (χ1) is 12.6. The molecule has 160 valence electrons. The largest absolute Gasteiger partial charge is 0.493 e. The molecular formula is C18H30ClN3O5S. The van der Waals surface area contributed by atoms with Crippen LogP contribution in [0.5, 0.6) is 11.5 Å². The fourth-order valence-corrected chi connectivity index (χ4v) is 4.15. The molecule has 0 saturated carbocycles. The van der Waals surface area contributed by atoms with Gasteiger partial charge in [-0.3, -0.25) is 4.79 Å². The van der Waals surface area contributed by atoms with Crippen LogP contribution >= 0.6 is 12.4 Å². The number of likely N-dealkylation sites (tertiary alicyclic amines) is 1. The van der Waals surface area contributed by atoms with Gasteiger partial charge in [0.25, 0.3) is 0 Å². The lowest BCUT2D eigenvalue weighted by Crippen LogP contribution is -2.54. The first-order valence-corrected chi connectivity index (χ1v) is 10.3. The molecule has 1 atom stereocenters. The molecule has 2 rings (SSSR count). The zero-order valence-corrected chi connectivity index (χ0v) is 18.4. The van der Waals surface area contributed by atoms with Crippen molar-refractivity contribution < 1.29 is 22.7 Å². The van der Waals surface area contributed by atoms with Crippen LogP contribution < -0.4 is 19.9 Å². The summed E-state index contributed by atoms with van der Waals surface area (Å²) in [5, 5.41) is 0. The number of hydrogen-bond acceptors (Lipinski definition) is 6. The van der Waals surface area contributed by atoms with Crippen molar-refractivity contribution in [3.05, 3.63) is 18.2 Å². The Kier molecular flexibility index (Phi) is 8.55. The summed E-state index contributed by atoms with van der Waals surface area (Å²) < 4.78 is 37.6. The molecule has 0 aliphatic carbocycles. The average Bonchev–Trinajstić information content (AvgIpc) is 2.62. The Hall–Kier alpha value is -1.55. The highest BCUT2D eigenvalue weighted by molar-refractivity contribution is 7.89. The Morgan fingerprint density at radius 3 is 2.50 bits per heavy atom. The maximum atomic E-state index is 12.5. The van der Waals surface area contributed by atoms with Gasteiger partial charge in [-0.1, -0.05) is 13.8 Å². The van der Waals surface area contributed by atoms with Crippen LogP contribution in [0.3, 0.4) is 0 Å². The van der Waals surface area contributed by atoms with Crippen molar-refractivity contribution in [2.24, 2.45) is 11.1 Å². The minimum Gasteiger partial charge on any atom is -0.493 e. The van der Waals surface area contributed by atoms with Crippen LogP contribution in [0.1, 0.15) is 26.7 Å². The molecule has 28 heavy (non-hydrogen) atoms. The van der Waals surface area contributed by atoms with Gasteiger partial charge in [-0.05, 0) is 24.0 Å². The van der Waals surface area contributed by atoms with E-state index in [0.717, 1.165) is 6.42 Å². The van der Waals surface area contributed by atoms with Crippen molar-refractivity contribution in [1.29, 1.82) is 0 Å². The van der Waals surface area contributed by atoms with E-state index in [4.69, 9.17) is 15.2 Å². The number of methoxy groups -OCH3 is 2. The third-order valence-corrected chi connectivity index (χ3v) is 6.42. The topological polar surface area (TPSA) is 111 Å². The Morgan fingerprint density at radius 2 is 1.93 bits per heavy atom. The average molecular weight is 436 g/mol. The van der Waals surface area contributed by atoms with Gasteiger partial charge < -0.3 is 20.1 Å². The quantitative estimate of drug-likeness (QED) is 0.669. The molecule has 0 bridgehead atoms. The van der Waals surface area contributed by atoms with Gasteiger partial charge in [-0.2, -0.15) is 0 Å². The molecule has 1 fully saturated rings. The van der Waals surface area contributed by atoms with Gasteiger partial charge in [0.2, 0.25) is 15.9 Å². The molecule has 1 saturated heterocycles. The lowest BCUT2D eigenvalue weighted by Gasteiger charge is -2.42. The van der Waals surface area contributed by atoms with E-state index < -0.39 is 10.0 Å². The predicted octanol–water partition coefficient (Wildman–Crippen LogP) is 1.38.